The molecule has 1 heterocycles. The standard InChI is InChI=1S/C22H21N3O/c1-15(19-13-12-17-8-6-7-11-20(17)14-19)23-16(2)21-24-25-22(26-21)18-9-4-3-5-10-18/h3-16,23H,1-2H3. The molecule has 0 aliphatic carbocycles. The van der Waals surface area contributed by atoms with Gasteiger partial charge in [0, 0.05) is 11.6 Å². The van der Waals surface area contributed by atoms with E-state index in [0.717, 1.165) is 5.56 Å². The molecule has 4 heteroatoms. The van der Waals surface area contributed by atoms with Crippen molar-refractivity contribution in [2.45, 2.75) is 25.9 Å². The molecule has 0 spiro atoms. The summed E-state index contributed by atoms with van der Waals surface area (Å²) in [6, 6.07) is 24.9. The van der Waals surface area contributed by atoms with Crippen molar-refractivity contribution in [3.05, 3.63) is 84.3 Å². The quantitative estimate of drug-likeness (QED) is 0.534. The van der Waals surface area contributed by atoms with Gasteiger partial charge in [0.05, 0.1) is 6.04 Å². The fourth-order valence-corrected chi connectivity index (χ4v) is 3.13. The molecule has 0 saturated heterocycles. The lowest BCUT2D eigenvalue weighted by molar-refractivity contribution is 0.395. The number of fused-ring (bicyclic) bond motifs is 1. The van der Waals surface area contributed by atoms with E-state index in [2.05, 4.69) is 64.9 Å². The lowest BCUT2D eigenvalue weighted by Crippen LogP contribution is -2.22. The van der Waals surface area contributed by atoms with Gasteiger partial charge in [-0.2, -0.15) is 0 Å². The van der Waals surface area contributed by atoms with Crippen LogP contribution < -0.4 is 5.32 Å². The van der Waals surface area contributed by atoms with E-state index in [0.29, 0.717) is 11.8 Å². The van der Waals surface area contributed by atoms with E-state index < -0.39 is 0 Å². The first-order valence-corrected chi connectivity index (χ1v) is 8.84. The number of hydrogen-bond acceptors (Lipinski definition) is 4. The van der Waals surface area contributed by atoms with Crippen LogP contribution in [-0.2, 0) is 0 Å². The highest BCUT2D eigenvalue weighted by molar-refractivity contribution is 5.83. The maximum absolute atomic E-state index is 5.85. The monoisotopic (exact) mass is 343 g/mol. The molecule has 2 atom stereocenters. The second-order valence-electron chi connectivity index (χ2n) is 6.53. The van der Waals surface area contributed by atoms with E-state index in [-0.39, 0.29) is 12.1 Å². The third kappa shape index (κ3) is 3.37. The third-order valence-electron chi connectivity index (χ3n) is 4.61. The van der Waals surface area contributed by atoms with Gasteiger partial charge in [-0.3, -0.25) is 5.32 Å². The third-order valence-corrected chi connectivity index (χ3v) is 4.61. The molecule has 0 bridgehead atoms. The van der Waals surface area contributed by atoms with Crippen LogP contribution >= 0.6 is 0 Å². The van der Waals surface area contributed by atoms with Crippen molar-refractivity contribution in [2.75, 3.05) is 0 Å². The number of nitrogens with one attached hydrogen (secondary N) is 1. The number of hydrogen-bond donors (Lipinski definition) is 1. The number of aromatic nitrogens is 2. The largest absolute Gasteiger partial charge is 0.419 e. The summed E-state index contributed by atoms with van der Waals surface area (Å²) in [6.45, 7) is 4.19. The summed E-state index contributed by atoms with van der Waals surface area (Å²) in [6.07, 6.45) is 0. The molecule has 0 aliphatic heterocycles. The summed E-state index contributed by atoms with van der Waals surface area (Å²) >= 11 is 0. The summed E-state index contributed by atoms with van der Waals surface area (Å²) in [4.78, 5) is 0. The van der Waals surface area contributed by atoms with Crippen LogP contribution in [0.15, 0.2) is 77.2 Å². The zero-order valence-corrected chi connectivity index (χ0v) is 14.9. The number of rotatable bonds is 5. The molecule has 0 saturated carbocycles. The molecule has 1 N–H and O–H groups in total. The first kappa shape index (κ1) is 16.5. The van der Waals surface area contributed by atoms with Crippen LogP contribution in [0.3, 0.4) is 0 Å². The van der Waals surface area contributed by atoms with Gasteiger partial charge >= 0.3 is 0 Å². The van der Waals surface area contributed by atoms with E-state index in [1.807, 2.05) is 37.3 Å². The van der Waals surface area contributed by atoms with Gasteiger partial charge in [0.25, 0.3) is 0 Å². The predicted octanol–water partition coefficient (Wildman–Crippen LogP) is 5.30. The van der Waals surface area contributed by atoms with Crippen molar-refractivity contribution in [3.63, 3.8) is 0 Å². The molecule has 130 valence electrons. The average Bonchev–Trinajstić information content (AvgIpc) is 3.18. The predicted molar refractivity (Wildman–Crippen MR) is 104 cm³/mol. The summed E-state index contributed by atoms with van der Waals surface area (Å²) in [5, 5.41) is 14.4. The van der Waals surface area contributed by atoms with Crippen molar-refractivity contribution in [2.24, 2.45) is 0 Å². The molecule has 4 rings (SSSR count). The van der Waals surface area contributed by atoms with Crippen LogP contribution in [0.25, 0.3) is 22.2 Å². The Hall–Kier alpha value is -2.98. The minimum atomic E-state index is -0.0403. The van der Waals surface area contributed by atoms with Crippen molar-refractivity contribution in [1.29, 1.82) is 0 Å². The minimum Gasteiger partial charge on any atom is -0.419 e. The van der Waals surface area contributed by atoms with Crippen LogP contribution in [0.2, 0.25) is 0 Å². The molecule has 0 amide bonds. The summed E-state index contributed by atoms with van der Waals surface area (Å²) in [5.74, 6) is 1.14. The van der Waals surface area contributed by atoms with Gasteiger partial charge in [0.2, 0.25) is 11.8 Å². The molecule has 2 unspecified atom stereocenters. The van der Waals surface area contributed by atoms with Crippen LogP contribution in [-0.4, -0.2) is 10.2 Å². The van der Waals surface area contributed by atoms with E-state index in [9.17, 15) is 0 Å². The molecule has 26 heavy (non-hydrogen) atoms. The zero-order chi connectivity index (χ0) is 17.9. The Labute approximate surface area is 152 Å². The number of benzene rings is 3. The summed E-state index contributed by atoms with van der Waals surface area (Å²) in [5.41, 5.74) is 2.17. The lowest BCUT2D eigenvalue weighted by Gasteiger charge is -2.18. The highest BCUT2D eigenvalue weighted by Gasteiger charge is 2.17. The summed E-state index contributed by atoms with van der Waals surface area (Å²) in [7, 11) is 0. The van der Waals surface area contributed by atoms with Crippen molar-refractivity contribution in [1.82, 2.24) is 15.5 Å². The van der Waals surface area contributed by atoms with Gasteiger partial charge in [0.15, 0.2) is 0 Å². The fraction of sp³-hybridized carbons (Fsp3) is 0.182. The van der Waals surface area contributed by atoms with Gasteiger partial charge < -0.3 is 4.42 Å². The molecular weight excluding hydrogens is 322 g/mol. The first-order valence-electron chi connectivity index (χ1n) is 8.84. The van der Waals surface area contributed by atoms with Gasteiger partial charge in [-0.1, -0.05) is 54.6 Å². The van der Waals surface area contributed by atoms with Gasteiger partial charge in [-0.15, -0.1) is 10.2 Å². The molecule has 4 aromatic rings. The Morgan fingerprint density at radius 3 is 2.31 bits per heavy atom. The van der Waals surface area contributed by atoms with Crippen molar-refractivity contribution >= 4 is 10.8 Å². The van der Waals surface area contributed by atoms with Crippen LogP contribution in [0.4, 0.5) is 0 Å². The zero-order valence-electron chi connectivity index (χ0n) is 14.9. The first-order chi connectivity index (χ1) is 12.7. The van der Waals surface area contributed by atoms with E-state index >= 15 is 0 Å². The lowest BCUT2D eigenvalue weighted by atomic mass is 10.0. The van der Waals surface area contributed by atoms with Crippen LogP contribution in [0.1, 0.15) is 37.4 Å². The molecule has 0 aliphatic rings. The molecule has 0 fully saturated rings. The maximum Gasteiger partial charge on any atom is 0.247 e. The maximum atomic E-state index is 5.85. The SMILES string of the molecule is CC(NC(C)c1nnc(-c2ccccc2)o1)c1ccc2ccccc2c1. The van der Waals surface area contributed by atoms with Crippen molar-refractivity contribution in [3.8, 4) is 11.5 Å². The Morgan fingerprint density at radius 2 is 1.50 bits per heavy atom. The summed E-state index contributed by atoms with van der Waals surface area (Å²) < 4.78 is 5.85. The molecular formula is C22H21N3O. The van der Waals surface area contributed by atoms with Crippen LogP contribution in [0, 0.1) is 0 Å². The van der Waals surface area contributed by atoms with E-state index in [1.165, 1.54) is 16.3 Å². The van der Waals surface area contributed by atoms with E-state index in [4.69, 9.17) is 4.42 Å². The normalized spacial score (nSPS) is 13.6. The number of nitrogens with zero attached hydrogens (tertiary/aromatic N) is 2. The van der Waals surface area contributed by atoms with Gasteiger partial charge in [-0.25, -0.2) is 0 Å². The van der Waals surface area contributed by atoms with Crippen molar-refractivity contribution < 1.29 is 4.42 Å². The minimum absolute atomic E-state index is 0.0403. The Bertz CT molecular complexity index is 1010. The highest BCUT2D eigenvalue weighted by Crippen LogP contribution is 2.24. The average molecular weight is 343 g/mol. The smallest absolute Gasteiger partial charge is 0.247 e. The molecule has 0 radical (unpaired) electrons. The molecule has 4 nitrogen and oxygen atoms in total. The van der Waals surface area contributed by atoms with Gasteiger partial charge in [-0.05, 0) is 48.4 Å². The second kappa shape index (κ2) is 7.10. The van der Waals surface area contributed by atoms with Gasteiger partial charge in [0.1, 0.15) is 0 Å². The Morgan fingerprint density at radius 1 is 0.769 bits per heavy atom. The second-order valence-corrected chi connectivity index (χ2v) is 6.53. The van der Waals surface area contributed by atoms with E-state index in [1.54, 1.807) is 0 Å². The Balaban J connectivity index is 1.50. The fourth-order valence-electron chi connectivity index (χ4n) is 3.13. The van der Waals surface area contributed by atoms with Crippen LogP contribution in [0.5, 0.6) is 0 Å². The molecule has 3 aromatic carbocycles. The molecule has 1 aromatic heterocycles. The highest BCUT2D eigenvalue weighted by atomic mass is 16.4. The Kier molecular flexibility index (Phi) is 4.50. The topological polar surface area (TPSA) is 51.0 Å².